The molecule has 0 radical (unpaired) electrons. The van der Waals surface area contributed by atoms with Crippen LogP contribution in [0.1, 0.15) is 37.3 Å². The molecule has 1 aliphatic heterocycles. The summed E-state index contributed by atoms with van der Waals surface area (Å²) in [6.45, 7) is 3.74. The number of halogens is 1. The largest absolute Gasteiger partial charge is 0.505 e. The Balaban J connectivity index is 1.33. The molecule has 1 heterocycles. The highest BCUT2D eigenvalue weighted by Crippen LogP contribution is 2.35. The maximum absolute atomic E-state index is 13.2. The Hall–Kier alpha value is -3.74. The number of amides is 2. The summed E-state index contributed by atoms with van der Waals surface area (Å²) in [6, 6.07) is 19.4. The molecule has 1 aliphatic rings. The lowest BCUT2D eigenvalue weighted by atomic mass is 9.89. The first-order chi connectivity index (χ1) is 17.9. The Morgan fingerprint density at radius 3 is 2.54 bits per heavy atom. The predicted molar refractivity (Wildman–Crippen MR) is 146 cm³/mol. The number of hydrogen-bond acceptors (Lipinski definition) is 4. The molecule has 3 aromatic rings. The summed E-state index contributed by atoms with van der Waals surface area (Å²) < 4.78 is 18.4. The number of hydrogen-bond donors (Lipinski definition) is 3. The van der Waals surface area contributed by atoms with Crippen molar-refractivity contribution in [2.24, 2.45) is 5.92 Å². The fraction of sp³-hybridized carbons (Fsp3) is 0.367. The molecule has 7 heteroatoms. The lowest BCUT2D eigenvalue weighted by Crippen LogP contribution is -2.39. The van der Waals surface area contributed by atoms with Gasteiger partial charge in [-0.2, -0.15) is 0 Å². The molecule has 1 atom stereocenters. The number of nitrogens with zero attached hydrogens (tertiary/aromatic N) is 1. The third-order valence-corrected chi connectivity index (χ3v) is 7.11. The average molecular weight is 506 g/mol. The van der Waals surface area contributed by atoms with Crippen molar-refractivity contribution in [2.75, 3.05) is 30.4 Å². The number of methoxy groups -OCH3 is 1. The highest BCUT2D eigenvalue weighted by molar-refractivity contribution is 5.89. The molecule has 0 bridgehead atoms. The van der Waals surface area contributed by atoms with Crippen molar-refractivity contribution < 1.29 is 19.0 Å². The van der Waals surface area contributed by atoms with Gasteiger partial charge in [0.1, 0.15) is 17.3 Å². The van der Waals surface area contributed by atoms with Crippen LogP contribution in [-0.4, -0.2) is 37.4 Å². The topological polar surface area (TPSA) is 73.8 Å². The maximum atomic E-state index is 13.2. The van der Waals surface area contributed by atoms with Gasteiger partial charge in [-0.1, -0.05) is 37.3 Å². The molecule has 0 aliphatic carbocycles. The zero-order valence-corrected chi connectivity index (χ0v) is 21.5. The van der Waals surface area contributed by atoms with E-state index in [1.807, 2.05) is 49.4 Å². The molecule has 1 fully saturated rings. The van der Waals surface area contributed by atoms with Gasteiger partial charge < -0.3 is 25.4 Å². The summed E-state index contributed by atoms with van der Waals surface area (Å²) in [4.78, 5) is 14.8. The Bertz CT molecular complexity index is 1180. The molecule has 3 aromatic carbocycles. The van der Waals surface area contributed by atoms with Crippen molar-refractivity contribution in [3.63, 3.8) is 0 Å². The van der Waals surface area contributed by atoms with Gasteiger partial charge in [0, 0.05) is 30.9 Å². The summed E-state index contributed by atoms with van der Waals surface area (Å²) >= 11 is 0. The molecular formula is C30H36FN3O3. The summed E-state index contributed by atoms with van der Waals surface area (Å²) in [6.07, 6.45) is 4.24. The van der Waals surface area contributed by atoms with Gasteiger partial charge in [0.2, 0.25) is 0 Å². The number of aromatic hydroxyl groups is 1. The van der Waals surface area contributed by atoms with Gasteiger partial charge in [-0.05, 0) is 79.5 Å². The average Bonchev–Trinajstić information content (AvgIpc) is 2.91. The van der Waals surface area contributed by atoms with Crippen LogP contribution in [-0.2, 0) is 12.8 Å². The Morgan fingerprint density at radius 1 is 1.11 bits per heavy atom. The molecule has 196 valence electrons. The highest BCUT2D eigenvalue weighted by Gasteiger charge is 2.23. The van der Waals surface area contributed by atoms with E-state index in [4.69, 9.17) is 4.74 Å². The minimum Gasteiger partial charge on any atom is -0.505 e. The molecule has 1 saturated heterocycles. The van der Waals surface area contributed by atoms with Crippen LogP contribution < -0.4 is 20.3 Å². The number of carbonyl (C=O) groups excluding carboxylic acids is 1. The van der Waals surface area contributed by atoms with Crippen LogP contribution in [0.2, 0.25) is 0 Å². The quantitative estimate of drug-likeness (QED) is 0.327. The highest BCUT2D eigenvalue weighted by atomic mass is 19.1. The van der Waals surface area contributed by atoms with Crippen LogP contribution >= 0.6 is 0 Å². The van der Waals surface area contributed by atoms with E-state index in [1.165, 1.54) is 17.7 Å². The van der Waals surface area contributed by atoms with E-state index in [9.17, 15) is 14.3 Å². The second kappa shape index (κ2) is 12.5. The molecular weight excluding hydrogens is 469 g/mol. The molecule has 4 rings (SSSR count). The molecule has 2 amide bonds. The molecule has 37 heavy (non-hydrogen) atoms. The number of carbonyl (C=O) groups is 1. The van der Waals surface area contributed by atoms with Gasteiger partial charge >= 0.3 is 6.03 Å². The van der Waals surface area contributed by atoms with Crippen molar-refractivity contribution in [3.8, 4) is 11.5 Å². The van der Waals surface area contributed by atoms with Crippen molar-refractivity contribution >= 4 is 17.4 Å². The van der Waals surface area contributed by atoms with Crippen molar-refractivity contribution in [2.45, 2.75) is 45.1 Å². The van der Waals surface area contributed by atoms with E-state index < -0.39 is 0 Å². The minimum absolute atomic E-state index is 0.131. The summed E-state index contributed by atoms with van der Waals surface area (Å²) in [5.74, 6) is 1.30. The van der Waals surface area contributed by atoms with Crippen molar-refractivity contribution in [1.29, 1.82) is 0 Å². The third-order valence-electron chi connectivity index (χ3n) is 7.11. The second-order valence-corrected chi connectivity index (χ2v) is 9.69. The zero-order valence-electron chi connectivity index (χ0n) is 21.5. The number of nitrogens with one attached hydrogen (secondary N) is 2. The van der Waals surface area contributed by atoms with Crippen LogP contribution in [0, 0.1) is 11.7 Å². The Morgan fingerprint density at radius 2 is 1.84 bits per heavy atom. The van der Waals surface area contributed by atoms with Gasteiger partial charge in [0.05, 0.1) is 12.8 Å². The number of piperidine rings is 1. The molecule has 3 N–H and O–H groups in total. The monoisotopic (exact) mass is 505 g/mol. The van der Waals surface area contributed by atoms with Gasteiger partial charge in [-0.25, -0.2) is 9.18 Å². The molecule has 0 unspecified atom stereocenters. The molecule has 0 aromatic heterocycles. The van der Waals surface area contributed by atoms with Gasteiger partial charge in [-0.3, -0.25) is 0 Å². The number of anilines is 2. The first-order valence-electron chi connectivity index (χ1n) is 13.0. The SMILES string of the molecule is CC[C@H](Cc1cccc(N2CCC(Cc3ccc(F)cc3)CC2)c1O)NC(=O)Nc1cccc(OC)c1. The number of phenols is 1. The Kier molecular flexibility index (Phi) is 8.88. The van der Waals surface area contributed by atoms with Crippen LogP contribution in [0.15, 0.2) is 66.7 Å². The first-order valence-corrected chi connectivity index (χ1v) is 13.0. The summed E-state index contributed by atoms with van der Waals surface area (Å²) in [7, 11) is 1.59. The lowest BCUT2D eigenvalue weighted by Gasteiger charge is -2.34. The fourth-order valence-electron chi connectivity index (χ4n) is 4.95. The van der Waals surface area contributed by atoms with E-state index >= 15 is 0 Å². The van der Waals surface area contributed by atoms with E-state index in [-0.39, 0.29) is 23.6 Å². The first kappa shape index (κ1) is 26.3. The number of rotatable bonds is 9. The molecule has 0 saturated carbocycles. The molecule has 6 nitrogen and oxygen atoms in total. The standard InChI is InChI=1S/C30H36FN3O3/c1-3-25(32-30(36)33-26-7-5-8-27(20-26)37-2)19-23-6-4-9-28(29(23)35)34-16-14-22(15-17-34)18-21-10-12-24(31)13-11-21/h4-13,20,22,25,35H,3,14-19H2,1-2H3,(H2,32,33,36)/t25-/m1/s1. The third kappa shape index (κ3) is 7.15. The van der Waals surface area contributed by atoms with Gasteiger partial charge in [-0.15, -0.1) is 0 Å². The van der Waals surface area contributed by atoms with E-state index in [0.717, 1.165) is 50.0 Å². The van der Waals surface area contributed by atoms with E-state index in [0.29, 0.717) is 23.8 Å². The lowest BCUT2D eigenvalue weighted by molar-refractivity contribution is 0.248. The number of ether oxygens (including phenoxy) is 1. The van der Waals surface area contributed by atoms with Crippen LogP contribution in [0.25, 0.3) is 0 Å². The van der Waals surface area contributed by atoms with Gasteiger partial charge in [0.15, 0.2) is 0 Å². The number of phenolic OH excluding ortho intramolecular Hbond substituents is 1. The predicted octanol–water partition coefficient (Wildman–Crippen LogP) is 6.14. The maximum Gasteiger partial charge on any atom is 0.319 e. The second-order valence-electron chi connectivity index (χ2n) is 9.69. The van der Waals surface area contributed by atoms with Gasteiger partial charge in [0.25, 0.3) is 0 Å². The number of para-hydroxylation sites is 1. The normalized spacial score (nSPS) is 14.7. The molecule has 0 spiro atoms. The fourth-order valence-corrected chi connectivity index (χ4v) is 4.95. The van der Waals surface area contributed by atoms with Crippen molar-refractivity contribution in [3.05, 3.63) is 83.7 Å². The number of benzene rings is 3. The summed E-state index contributed by atoms with van der Waals surface area (Å²) in [5.41, 5.74) is 3.48. The summed E-state index contributed by atoms with van der Waals surface area (Å²) in [5, 5.41) is 17.0. The van der Waals surface area contributed by atoms with Crippen LogP contribution in [0.5, 0.6) is 11.5 Å². The van der Waals surface area contributed by atoms with Crippen LogP contribution in [0.4, 0.5) is 20.6 Å². The minimum atomic E-state index is -0.293. The van der Waals surface area contributed by atoms with E-state index in [1.54, 1.807) is 19.2 Å². The zero-order chi connectivity index (χ0) is 26.2. The van der Waals surface area contributed by atoms with Crippen molar-refractivity contribution in [1.82, 2.24) is 5.32 Å². The van der Waals surface area contributed by atoms with E-state index in [2.05, 4.69) is 15.5 Å². The Labute approximate surface area is 218 Å². The van der Waals surface area contributed by atoms with Crippen LogP contribution in [0.3, 0.4) is 0 Å². The number of urea groups is 1. The smallest absolute Gasteiger partial charge is 0.319 e.